The second-order valence-corrected chi connectivity index (χ2v) is 5.23. The van der Waals surface area contributed by atoms with Gasteiger partial charge in [-0.2, -0.15) is 0 Å². The summed E-state index contributed by atoms with van der Waals surface area (Å²) in [5, 5.41) is 13.5. The van der Waals surface area contributed by atoms with Gasteiger partial charge in [-0.1, -0.05) is 11.6 Å². The third-order valence-corrected chi connectivity index (χ3v) is 3.08. The van der Waals surface area contributed by atoms with E-state index in [9.17, 15) is 5.11 Å². The quantitative estimate of drug-likeness (QED) is 0.734. The van der Waals surface area contributed by atoms with Crippen LogP contribution in [-0.2, 0) is 0 Å². The summed E-state index contributed by atoms with van der Waals surface area (Å²) in [6, 6.07) is 4.05. The van der Waals surface area contributed by atoms with Crippen LogP contribution in [0, 0.1) is 13.8 Å². The molecule has 1 atom stereocenters. The molecular formula is C15H26N2O2. The van der Waals surface area contributed by atoms with Crippen molar-refractivity contribution in [3.63, 3.8) is 0 Å². The van der Waals surface area contributed by atoms with Crippen LogP contribution in [-0.4, -0.2) is 50.8 Å². The molecule has 4 heteroatoms. The van der Waals surface area contributed by atoms with Crippen LogP contribution in [0.5, 0.6) is 5.75 Å². The molecule has 0 aliphatic rings. The summed E-state index contributed by atoms with van der Waals surface area (Å²) in [4.78, 5) is 2.11. The molecule has 0 saturated carbocycles. The minimum absolute atomic E-state index is 0.535. The summed E-state index contributed by atoms with van der Waals surface area (Å²) in [5.74, 6) is 0.785. The van der Waals surface area contributed by atoms with Gasteiger partial charge in [-0.3, -0.25) is 0 Å². The van der Waals surface area contributed by atoms with E-state index in [4.69, 9.17) is 4.74 Å². The molecule has 108 valence electrons. The van der Waals surface area contributed by atoms with E-state index >= 15 is 0 Å². The summed E-state index contributed by atoms with van der Waals surface area (Å²) in [5.41, 5.74) is 3.06. The number of ether oxygens (including phenoxy) is 1. The highest BCUT2D eigenvalue weighted by atomic mass is 16.5. The molecule has 0 fully saturated rings. The second-order valence-electron chi connectivity index (χ2n) is 5.23. The number of benzene rings is 1. The lowest BCUT2D eigenvalue weighted by Crippen LogP contribution is -2.29. The number of aliphatic hydroxyl groups excluding tert-OH is 1. The lowest BCUT2D eigenvalue weighted by molar-refractivity contribution is 0.169. The first-order chi connectivity index (χ1) is 8.95. The molecule has 0 saturated heterocycles. The number of hydrogen-bond donors (Lipinski definition) is 2. The van der Waals surface area contributed by atoms with Gasteiger partial charge in [0.15, 0.2) is 0 Å². The molecule has 0 bridgehead atoms. The highest BCUT2D eigenvalue weighted by Gasteiger charge is 2.15. The van der Waals surface area contributed by atoms with Crippen molar-refractivity contribution in [1.82, 2.24) is 10.2 Å². The molecule has 0 spiro atoms. The predicted octanol–water partition coefficient (Wildman–Crippen LogP) is 1.50. The lowest BCUT2D eigenvalue weighted by Gasteiger charge is -2.18. The van der Waals surface area contributed by atoms with E-state index in [1.807, 2.05) is 34.0 Å². The SMILES string of the molecule is COc1c(C)cc(C)cc1C(O)CNCCN(C)C. The standard InChI is InChI=1S/C15H26N2O2/c1-11-8-12(2)15(19-5)13(9-11)14(18)10-16-6-7-17(3)4/h8-9,14,16,18H,6-7,10H2,1-5H3. The number of aryl methyl sites for hydroxylation is 2. The summed E-state index contributed by atoms with van der Waals surface area (Å²) >= 11 is 0. The van der Waals surface area contributed by atoms with Crippen molar-refractivity contribution in [2.24, 2.45) is 0 Å². The van der Waals surface area contributed by atoms with Gasteiger partial charge in [0.2, 0.25) is 0 Å². The topological polar surface area (TPSA) is 44.7 Å². The summed E-state index contributed by atoms with van der Waals surface area (Å²) in [6.07, 6.45) is -0.546. The molecule has 0 aliphatic carbocycles. The van der Waals surface area contributed by atoms with Crippen LogP contribution in [0.25, 0.3) is 0 Å². The first kappa shape index (κ1) is 16.0. The maximum absolute atomic E-state index is 10.3. The molecule has 1 aromatic rings. The molecule has 0 aromatic heterocycles. The Hall–Kier alpha value is -1.10. The van der Waals surface area contributed by atoms with Crippen molar-refractivity contribution in [2.45, 2.75) is 20.0 Å². The second kappa shape index (κ2) is 7.48. The first-order valence-electron chi connectivity index (χ1n) is 6.64. The molecule has 0 heterocycles. The summed E-state index contributed by atoms with van der Waals surface area (Å²) in [7, 11) is 5.71. The van der Waals surface area contributed by atoms with E-state index in [2.05, 4.69) is 16.3 Å². The number of nitrogens with zero attached hydrogens (tertiary/aromatic N) is 1. The average Bonchev–Trinajstić information content (AvgIpc) is 2.33. The zero-order chi connectivity index (χ0) is 14.4. The zero-order valence-electron chi connectivity index (χ0n) is 12.7. The summed E-state index contributed by atoms with van der Waals surface area (Å²) in [6.45, 7) is 6.38. The zero-order valence-corrected chi connectivity index (χ0v) is 12.7. The fourth-order valence-electron chi connectivity index (χ4n) is 2.16. The number of aliphatic hydroxyl groups is 1. The van der Waals surface area contributed by atoms with Gasteiger partial charge in [-0.25, -0.2) is 0 Å². The average molecular weight is 266 g/mol. The van der Waals surface area contributed by atoms with Crippen molar-refractivity contribution in [2.75, 3.05) is 40.8 Å². The Balaban J connectivity index is 2.68. The molecule has 19 heavy (non-hydrogen) atoms. The Morgan fingerprint density at radius 1 is 1.32 bits per heavy atom. The monoisotopic (exact) mass is 266 g/mol. The Morgan fingerprint density at radius 3 is 2.58 bits per heavy atom. The van der Waals surface area contributed by atoms with Gasteiger partial charge in [-0.05, 0) is 39.6 Å². The molecule has 0 radical (unpaired) electrons. The highest BCUT2D eigenvalue weighted by molar-refractivity contribution is 5.45. The third-order valence-electron chi connectivity index (χ3n) is 3.08. The van der Waals surface area contributed by atoms with Crippen molar-refractivity contribution >= 4 is 0 Å². The van der Waals surface area contributed by atoms with Crippen LogP contribution in [0.15, 0.2) is 12.1 Å². The third kappa shape index (κ3) is 4.82. The van der Waals surface area contributed by atoms with E-state index in [1.54, 1.807) is 7.11 Å². The van der Waals surface area contributed by atoms with Gasteiger partial charge in [-0.15, -0.1) is 0 Å². The van der Waals surface area contributed by atoms with Gasteiger partial charge in [0, 0.05) is 25.2 Å². The smallest absolute Gasteiger partial charge is 0.127 e. The molecule has 4 nitrogen and oxygen atoms in total. The minimum Gasteiger partial charge on any atom is -0.496 e. The molecular weight excluding hydrogens is 240 g/mol. The molecule has 1 rings (SSSR count). The molecule has 0 aliphatic heterocycles. The fraction of sp³-hybridized carbons (Fsp3) is 0.600. The van der Waals surface area contributed by atoms with Crippen LogP contribution in [0.2, 0.25) is 0 Å². The van der Waals surface area contributed by atoms with Gasteiger partial charge >= 0.3 is 0 Å². The maximum Gasteiger partial charge on any atom is 0.127 e. The predicted molar refractivity (Wildman–Crippen MR) is 78.9 cm³/mol. The van der Waals surface area contributed by atoms with Crippen LogP contribution in [0.3, 0.4) is 0 Å². The Kier molecular flexibility index (Phi) is 6.28. The Morgan fingerprint density at radius 2 is 2.00 bits per heavy atom. The lowest BCUT2D eigenvalue weighted by atomic mass is 10.0. The van der Waals surface area contributed by atoms with E-state index in [-0.39, 0.29) is 0 Å². The number of nitrogens with one attached hydrogen (secondary N) is 1. The molecule has 2 N–H and O–H groups in total. The number of likely N-dealkylation sites (N-methyl/N-ethyl adjacent to an activating group) is 1. The van der Waals surface area contributed by atoms with E-state index in [1.165, 1.54) is 0 Å². The van der Waals surface area contributed by atoms with Gasteiger partial charge in [0.1, 0.15) is 5.75 Å². The number of hydrogen-bond acceptors (Lipinski definition) is 4. The molecule has 0 amide bonds. The van der Waals surface area contributed by atoms with E-state index in [0.29, 0.717) is 6.54 Å². The van der Waals surface area contributed by atoms with Crippen molar-refractivity contribution in [1.29, 1.82) is 0 Å². The van der Waals surface area contributed by atoms with E-state index in [0.717, 1.165) is 35.5 Å². The van der Waals surface area contributed by atoms with Crippen molar-refractivity contribution in [3.05, 3.63) is 28.8 Å². The summed E-state index contributed by atoms with van der Waals surface area (Å²) < 4.78 is 5.40. The van der Waals surface area contributed by atoms with Gasteiger partial charge in [0.05, 0.1) is 13.2 Å². The van der Waals surface area contributed by atoms with Crippen LogP contribution in [0.1, 0.15) is 22.8 Å². The molecule has 1 aromatic carbocycles. The van der Waals surface area contributed by atoms with Crippen molar-refractivity contribution < 1.29 is 9.84 Å². The largest absolute Gasteiger partial charge is 0.496 e. The number of methoxy groups -OCH3 is 1. The normalized spacial score (nSPS) is 12.8. The van der Waals surface area contributed by atoms with Crippen LogP contribution >= 0.6 is 0 Å². The highest BCUT2D eigenvalue weighted by Crippen LogP contribution is 2.29. The Bertz CT molecular complexity index is 405. The van der Waals surface area contributed by atoms with Crippen LogP contribution in [0.4, 0.5) is 0 Å². The number of rotatable bonds is 7. The minimum atomic E-state index is -0.546. The van der Waals surface area contributed by atoms with E-state index < -0.39 is 6.10 Å². The maximum atomic E-state index is 10.3. The van der Waals surface area contributed by atoms with Crippen molar-refractivity contribution in [3.8, 4) is 5.75 Å². The van der Waals surface area contributed by atoms with Gasteiger partial charge < -0.3 is 20.1 Å². The first-order valence-corrected chi connectivity index (χ1v) is 6.64. The fourth-order valence-corrected chi connectivity index (χ4v) is 2.16. The van der Waals surface area contributed by atoms with Crippen LogP contribution < -0.4 is 10.1 Å². The Labute approximate surface area is 116 Å². The van der Waals surface area contributed by atoms with Gasteiger partial charge in [0.25, 0.3) is 0 Å². The molecule has 1 unspecified atom stereocenters.